The number of hydrogen-bond donors (Lipinski definition) is 3. The lowest BCUT2D eigenvalue weighted by molar-refractivity contribution is -0.123. The second-order valence-corrected chi connectivity index (χ2v) is 10.3. The summed E-state index contributed by atoms with van der Waals surface area (Å²) in [6.07, 6.45) is 0.191. The van der Waals surface area contributed by atoms with E-state index in [1.807, 2.05) is 48.5 Å². The third kappa shape index (κ3) is 4.63. The van der Waals surface area contributed by atoms with Gasteiger partial charge < -0.3 is 24.8 Å². The zero-order valence-electron chi connectivity index (χ0n) is 21.5. The number of anilines is 3. The minimum Gasteiger partial charge on any atom is -0.508 e. The van der Waals surface area contributed by atoms with E-state index in [-0.39, 0.29) is 24.2 Å². The number of carbonyl (C=O) groups excluding carboxylic acids is 2. The number of methoxy groups -OCH3 is 1. The third-order valence-corrected chi connectivity index (χ3v) is 7.96. The fraction of sp³-hybridized carbons (Fsp3) is 0.267. The molecule has 1 aliphatic carbocycles. The molecule has 39 heavy (non-hydrogen) atoms. The van der Waals surface area contributed by atoms with Gasteiger partial charge in [-0.3, -0.25) is 14.5 Å². The number of fused-ring (bicyclic) bond motifs is 3. The molecule has 3 aromatic carbocycles. The topological polar surface area (TPSA) is 108 Å². The standard InChI is InChI=1S/C30H29BN2O6/c1-38-17-19-15-25-27(24-16-26(39-31(37)28(19)24)18-6-5-9-23(34)14-18)30(36)33(29(25)35)22-12-10-21(11-13-22)32-20-7-3-2-4-8-20/h2-14,24-27,32,34,37H,15-17H2,1H3/t24-,25-,26-,27+/m0/s1. The van der Waals surface area contributed by atoms with Gasteiger partial charge in [0.25, 0.3) is 0 Å². The van der Waals surface area contributed by atoms with E-state index >= 15 is 0 Å². The maximum absolute atomic E-state index is 13.9. The molecule has 8 nitrogen and oxygen atoms in total. The van der Waals surface area contributed by atoms with Crippen LogP contribution in [0.15, 0.2) is 89.9 Å². The quantitative estimate of drug-likeness (QED) is 0.324. The number of hydrogen-bond acceptors (Lipinski definition) is 7. The van der Waals surface area contributed by atoms with E-state index < -0.39 is 31.0 Å². The summed E-state index contributed by atoms with van der Waals surface area (Å²) in [5.74, 6) is -1.97. The van der Waals surface area contributed by atoms with Crippen LogP contribution in [-0.4, -0.2) is 42.8 Å². The van der Waals surface area contributed by atoms with Crippen LogP contribution in [0.2, 0.25) is 0 Å². The lowest BCUT2D eigenvalue weighted by atomic mass is 9.55. The highest BCUT2D eigenvalue weighted by molar-refractivity contribution is 6.53. The van der Waals surface area contributed by atoms with E-state index in [2.05, 4.69) is 5.32 Å². The predicted octanol–water partition coefficient (Wildman–Crippen LogP) is 4.39. The molecular weight excluding hydrogens is 495 g/mol. The van der Waals surface area contributed by atoms with Gasteiger partial charge >= 0.3 is 7.12 Å². The molecule has 9 heteroatoms. The Hall–Kier alpha value is -3.92. The van der Waals surface area contributed by atoms with Crippen LogP contribution < -0.4 is 10.2 Å². The Balaban J connectivity index is 1.30. The Morgan fingerprint density at radius 1 is 0.974 bits per heavy atom. The Labute approximate surface area is 227 Å². The minimum atomic E-state index is -1.23. The van der Waals surface area contributed by atoms with Crippen molar-refractivity contribution in [1.29, 1.82) is 0 Å². The number of amides is 2. The number of allylic oxidation sites excluding steroid dienone is 1. The average molecular weight is 524 g/mol. The second kappa shape index (κ2) is 10.3. The van der Waals surface area contributed by atoms with Crippen molar-refractivity contribution in [3.8, 4) is 5.75 Å². The van der Waals surface area contributed by atoms with Crippen molar-refractivity contribution in [2.45, 2.75) is 18.9 Å². The fourth-order valence-corrected chi connectivity index (χ4v) is 6.29. The summed E-state index contributed by atoms with van der Waals surface area (Å²) in [4.78, 5) is 28.9. The molecule has 0 radical (unpaired) electrons. The Morgan fingerprint density at radius 2 is 1.72 bits per heavy atom. The van der Waals surface area contributed by atoms with Crippen molar-refractivity contribution in [1.82, 2.24) is 0 Å². The first-order valence-corrected chi connectivity index (χ1v) is 13.1. The number of carbonyl (C=O) groups is 2. The first-order valence-electron chi connectivity index (χ1n) is 13.1. The summed E-state index contributed by atoms with van der Waals surface area (Å²) in [7, 11) is 0.335. The van der Waals surface area contributed by atoms with Crippen LogP contribution >= 0.6 is 0 Å². The fourth-order valence-electron chi connectivity index (χ4n) is 6.29. The highest BCUT2D eigenvalue weighted by Gasteiger charge is 2.58. The molecule has 4 atom stereocenters. The zero-order valence-corrected chi connectivity index (χ0v) is 21.5. The summed E-state index contributed by atoms with van der Waals surface area (Å²) < 4.78 is 11.4. The van der Waals surface area contributed by atoms with Gasteiger partial charge in [-0.2, -0.15) is 0 Å². The highest BCUT2D eigenvalue weighted by atomic mass is 16.5. The number of benzene rings is 3. The number of nitrogens with zero attached hydrogens (tertiary/aromatic N) is 1. The van der Waals surface area contributed by atoms with Gasteiger partial charge in [-0.1, -0.05) is 30.3 Å². The van der Waals surface area contributed by atoms with Gasteiger partial charge in [0.05, 0.1) is 30.2 Å². The van der Waals surface area contributed by atoms with E-state index in [1.54, 1.807) is 37.4 Å². The largest absolute Gasteiger partial charge is 0.508 e. The summed E-state index contributed by atoms with van der Waals surface area (Å²) in [6.45, 7) is 0.244. The van der Waals surface area contributed by atoms with Gasteiger partial charge in [0.1, 0.15) is 5.75 Å². The molecule has 2 saturated heterocycles. The van der Waals surface area contributed by atoms with Gasteiger partial charge in [-0.15, -0.1) is 0 Å². The lowest BCUT2D eigenvalue weighted by Crippen LogP contribution is -2.45. The maximum atomic E-state index is 13.9. The van der Waals surface area contributed by atoms with Crippen molar-refractivity contribution in [3.63, 3.8) is 0 Å². The molecular formula is C30H29BN2O6. The first kappa shape index (κ1) is 25.4. The van der Waals surface area contributed by atoms with Crippen molar-refractivity contribution in [2.24, 2.45) is 17.8 Å². The molecule has 0 unspecified atom stereocenters. The molecule has 0 saturated carbocycles. The third-order valence-electron chi connectivity index (χ3n) is 7.96. The molecule has 2 amide bonds. The molecule has 6 rings (SSSR count). The number of phenolic OH excluding ortho intramolecular Hbond substituents is 1. The molecule has 3 aliphatic rings. The zero-order chi connectivity index (χ0) is 27.1. The van der Waals surface area contributed by atoms with E-state index in [0.29, 0.717) is 29.6 Å². The van der Waals surface area contributed by atoms with Crippen molar-refractivity contribution < 1.29 is 29.1 Å². The van der Waals surface area contributed by atoms with Gasteiger partial charge in [0, 0.05) is 18.5 Å². The smallest absolute Gasteiger partial charge is 0.487 e. The predicted molar refractivity (Wildman–Crippen MR) is 147 cm³/mol. The molecule has 198 valence electrons. The normalized spacial score (nSPS) is 24.6. The number of ether oxygens (including phenoxy) is 1. The van der Waals surface area contributed by atoms with Gasteiger partial charge in [0.2, 0.25) is 11.8 Å². The van der Waals surface area contributed by atoms with E-state index in [9.17, 15) is 19.7 Å². The van der Waals surface area contributed by atoms with Crippen LogP contribution in [0.1, 0.15) is 24.5 Å². The number of phenols is 1. The van der Waals surface area contributed by atoms with E-state index in [1.165, 1.54) is 4.90 Å². The van der Waals surface area contributed by atoms with Crippen LogP contribution in [0.4, 0.5) is 17.1 Å². The Bertz CT molecular complexity index is 1430. The Morgan fingerprint density at radius 3 is 2.44 bits per heavy atom. The number of nitrogens with one attached hydrogen (secondary N) is 1. The van der Waals surface area contributed by atoms with E-state index in [0.717, 1.165) is 16.9 Å². The van der Waals surface area contributed by atoms with Crippen LogP contribution in [0, 0.1) is 17.8 Å². The van der Waals surface area contributed by atoms with Crippen LogP contribution in [0.3, 0.4) is 0 Å². The van der Waals surface area contributed by atoms with Crippen molar-refractivity contribution >= 4 is 36.0 Å². The molecule has 3 aromatic rings. The van der Waals surface area contributed by atoms with Gasteiger partial charge in [-0.05, 0) is 83.9 Å². The summed E-state index contributed by atoms with van der Waals surface area (Å²) in [5, 5.41) is 24.4. The first-order chi connectivity index (χ1) is 18.9. The minimum absolute atomic E-state index is 0.0945. The van der Waals surface area contributed by atoms with Crippen LogP contribution in [-0.2, 0) is 19.0 Å². The number of para-hydroxylation sites is 1. The molecule has 0 aromatic heterocycles. The maximum Gasteiger partial charge on any atom is 0.487 e. The molecule has 3 N–H and O–H groups in total. The molecule has 0 bridgehead atoms. The number of aromatic hydroxyl groups is 1. The molecule has 0 spiro atoms. The van der Waals surface area contributed by atoms with Gasteiger partial charge in [-0.25, -0.2) is 0 Å². The summed E-state index contributed by atoms with van der Waals surface area (Å²) >= 11 is 0. The SMILES string of the molecule is COCC1=C2B(O)O[C@H](c3cccc(O)c3)C[C@H]2[C@H]2C(=O)N(c3ccc(Nc4ccccc4)cc3)C(=O)[C@H]2C1. The Kier molecular flexibility index (Phi) is 6.72. The summed E-state index contributed by atoms with van der Waals surface area (Å²) in [6, 6.07) is 23.7. The van der Waals surface area contributed by atoms with Crippen molar-refractivity contribution in [3.05, 3.63) is 95.5 Å². The number of imide groups is 1. The average Bonchev–Trinajstić information content (AvgIpc) is 3.19. The van der Waals surface area contributed by atoms with E-state index in [4.69, 9.17) is 9.39 Å². The summed E-state index contributed by atoms with van der Waals surface area (Å²) in [5.41, 5.74) is 4.45. The molecule has 2 fully saturated rings. The second-order valence-electron chi connectivity index (χ2n) is 10.3. The van der Waals surface area contributed by atoms with Crippen LogP contribution in [0.5, 0.6) is 5.75 Å². The lowest BCUT2D eigenvalue weighted by Gasteiger charge is -2.42. The molecule has 2 heterocycles. The number of rotatable bonds is 6. The molecule has 2 aliphatic heterocycles. The van der Waals surface area contributed by atoms with Gasteiger partial charge in [0.15, 0.2) is 0 Å². The monoisotopic (exact) mass is 524 g/mol. The van der Waals surface area contributed by atoms with Crippen molar-refractivity contribution in [2.75, 3.05) is 23.9 Å². The van der Waals surface area contributed by atoms with Crippen LogP contribution in [0.25, 0.3) is 0 Å². The highest BCUT2D eigenvalue weighted by Crippen LogP contribution is 2.52.